The number of nitrogens with zero attached hydrogens (tertiary/aromatic N) is 2. The van der Waals surface area contributed by atoms with Crippen LogP contribution in [0.15, 0.2) is 78.0 Å². The second kappa shape index (κ2) is 12.3. The molecule has 0 saturated carbocycles. The molecule has 0 spiro atoms. The molecule has 1 N–H and O–H groups in total. The monoisotopic (exact) mass is 449 g/mol. The number of ether oxygens (including phenoxy) is 1. The fraction of sp³-hybridized carbons (Fsp3) is 0.308. The van der Waals surface area contributed by atoms with Gasteiger partial charge >= 0.3 is 0 Å². The molecule has 32 heavy (non-hydrogen) atoms. The third-order valence-electron chi connectivity index (χ3n) is 5.43. The second-order valence-electron chi connectivity index (χ2n) is 7.40. The lowest BCUT2D eigenvalue weighted by molar-refractivity contribution is 0.0935. The van der Waals surface area contributed by atoms with Crippen molar-refractivity contribution in [2.45, 2.75) is 30.5 Å². The van der Waals surface area contributed by atoms with Gasteiger partial charge in [-0.05, 0) is 66.7 Å². The van der Waals surface area contributed by atoms with E-state index >= 15 is 0 Å². The van der Waals surface area contributed by atoms with Gasteiger partial charge in [0.2, 0.25) is 0 Å². The number of carbonyl (C=O) groups is 1. The summed E-state index contributed by atoms with van der Waals surface area (Å²) in [6.07, 6.45) is 3.66. The van der Waals surface area contributed by atoms with Gasteiger partial charge in [0.15, 0.2) is 0 Å². The third-order valence-corrected chi connectivity index (χ3v) is 6.52. The molecule has 1 unspecified atom stereocenters. The Morgan fingerprint density at radius 3 is 2.53 bits per heavy atom. The summed E-state index contributed by atoms with van der Waals surface area (Å²) in [6.45, 7) is 6.61. The minimum Gasteiger partial charge on any atom is -0.497 e. The standard InChI is InChI=1S/C26H31N3O2S/c1-4-29(5-2)25(22-9-6-10-23(16-22)31-3)18-28-26(30)21-11-13-24(14-12-21)32-19-20-8-7-15-27-17-20/h6-17,25H,4-5,18-19H2,1-3H3,(H,28,30). The van der Waals surface area contributed by atoms with Crippen molar-refractivity contribution in [3.63, 3.8) is 0 Å². The number of carbonyl (C=O) groups excluding carboxylic acids is 1. The molecule has 0 aliphatic rings. The number of aromatic nitrogens is 1. The first kappa shape index (κ1) is 23.8. The molecule has 5 nitrogen and oxygen atoms in total. The maximum Gasteiger partial charge on any atom is 0.251 e. The minimum atomic E-state index is -0.0612. The Hall–Kier alpha value is -2.83. The van der Waals surface area contributed by atoms with Crippen LogP contribution in [-0.4, -0.2) is 42.5 Å². The minimum absolute atomic E-state index is 0.0612. The van der Waals surface area contributed by atoms with Crippen LogP contribution in [0.1, 0.15) is 41.4 Å². The predicted molar refractivity (Wildman–Crippen MR) is 131 cm³/mol. The Morgan fingerprint density at radius 2 is 1.88 bits per heavy atom. The molecule has 0 aliphatic carbocycles. The van der Waals surface area contributed by atoms with Crippen LogP contribution in [0.2, 0.25) is 0 Å². The van der Waals surface area contributed by atoms with E-state index < -0.39 is 0 Å². The normalized spacial score (nSPS) is 11.9. The maximum absolute atomic E-state index is 12.8. The lowest BCUT2D eigenvalue weighted by Gasteiger charge is -2.30. The SMILES string of the molecule is CCN(CC)C(CNC(=O)c1ccc(SCc2cccnc2)cc1)c1cccc(OC)c1. The zero-order chi connectivity index (χ0) is 22.8. The number of amides is 1. The zero-order valence-electron chi connectivity index (χ0n) is 19.0. The van der Waals surface area contributed by atoms with E-state index in [0.29, 0.717) is 12.1 Å². The molecule has 0 radical (unpaired) electrons. The van der Waals surface area contributed by atoms with E-state index in [4.69, 9.17) is 4.74 Å². The smallest absolute Gasteiger partial charge is 0.251 e. The molecule has 0 fully saturated rings. The summed E-state index contributed by atoms with van der Waals surface area (Å²) in [6, 6.07) is 19.9. The first-order valence-corrected chi connectivity index (χ1v) is 11.9. The zero-order valence-corrected chi connectivity index (χ0v) is 19.8. The molecule has 0 aliphatic heterocycles. The molecule has 0 bridgehead atoms. The van der Waals surface area contributed by atoms with Crippen LogP contribution in [0.3, 0.4) is 0 Å². The molecule has 1 heterocycles. The van der Waals surface area contributed by atoms with E-state index in [1.54, 1.807) is 25.1 Å². The van der Waals surface area contributed by atoms with Gasteiger partial charge in [0.25, 0.3) is 5.91 Å². The van der Waals surface area contributed by atoms with E-state index in [9.17, 15) is 4.79 Å². The molecule has 1 amide bonds. The molecule has 1 atom stereocenters. The molecule has 1 aromatic heterocycles. The Kier molecular flexibility index (Phi) is 9.13. The van der Waals surface area contributed by atoms with Crippen LogP contribution < -0.4 is 10.1 Å². The number of rotatable bonds is 11. The van der Waals surface area contributed by atoms with E-state index in [-0.39, 0.29) is 11.9 Å². The van der Waals surface area contributed by atoms with Crippen molar-refractivity contribution >= 4 is 17.7 Å². The van der Waals surface area contributed by atoms with E-state index in [2.05, 4.69) is 41.2 Å². The van der Waals surface area contributed by atoms with Crippen molar-refractivity contribution in [1.29, 1.82) is 0 Å². The molecule has 6 heteroatoms. The molecule has 2 aromatic carbocycles. The van der Waals surface area contributed by atoms with Crippen molar-refractivity contribution in [3.8, 4) is 5.75 Å². The Balaban J connectivity index is 1.62. The topological polar surface area (TPSA) is 54.5 Å². The second-order valence-corrected chi connectivity index (χ2v) is 8.45. The number of benzene rings is 2. The highest BCUT2D eigenvalue weighted by Crippen LogP contribution is 2.25. The Labute approximate surface area is 195 Å². The van der Waals surface area contributed by atoms with Crippen molar-refractivity contribution < 1.29 is 9.53 Å². The van der Waals surface area contributed by atoms with Gasteiger partial charge in [0, 0.05) is 35.2 Å². The lowest BCUT2D eigenvalue weighted by Crippen LogP contribution is -2.38. The average Bonchev–Trinajstić information content (AvgIpc) is 2.86. The Bertz CT molecular complexity index is 976. The number of thioether (sulfide) groups is 1. The van der Waals surface area contributed by atoms with Gasteiger partial charge < -0.3 is 10.1 Å². The van der Waals surface area contributed by atoms with Crippen LogP contribution in [0.5, 0.6) is 5.75 Å². The summed E-state index contributed by atoms with van der Waals surface area (Å²) in [5.74, 6) is 1.62. The van der Waals surface area contributed by atoms with Gasteiger partial charge in [-0.25, -0.2) is 0 Å². The van der Waals surface area contributed by atoms with Crippen molar-refractivity contribution in [2.24, 2.45) is 0 Å². The van der Waals surface area contributed by atoms with Crippen LogP contribution in [0.4, 0.5) is 0 Å². The van der Waals surface area contributed by atoms with Gasteiger partial charge in [0.05, 0.1) is 13.2 Å². The number of pyridine rings is 1. The van der Waals surface area contributed by atoms with Gasteiger partial charge in [-0.2, -0.15) is 0 Å². The first-order chi connectivity index (χ1) is 15.6. The highest BCUT2D eigenvalue weighted by atomic mass is 32.2. The molecular weight excluding hydrogens is 418 g/mol. The number of likely N-dealkylation sites (N-methyl/N-ethyl adjacent to an activating group) is 1. The Morgan fingerprint density at radius 1 is 1.09 bits per heavy atom. The van der Waals surface area contributed by atoms with E-state index in [1.807, 2.05) is 54.7 Å². The van der Waals surface area contributed by atoms with Crippen LogP contribution in [-0.2, 0) is 5.75 Å². The first-order valence-electron chi connectivity index (χ1n) is 10.9. The fourth-order valence-electron chi connectivity index (χ4n) is 3.62. The van der Waals surface area contributed by atoms with Crippen LogP contribution in [0, 0.1) is 0 Å². The van der Waals surface area contributed by atoms with Gasteiger partial charge in [0.1, 0.15) is 5.75 Å². The summed E-state index contributed by atoms with van der Waals surface area (Å²) in [4.78, 5) is 20.4. The highest BCUT2D eigenvalue weighted by molar-refractivity contribution is 7.98. The van der Waals surface area contributed by atoms with E-state index in [0.717, 1.165) is 35.1 Å². The fourth-order valence-corrected chi connectivity index (χ4v) is 4.45. The third kappa shape index (κ3) is 6.58. The average molecular weight is 450 g/mol. The molecular formula is C26H31N3O2S. The predicted octanol–water partition coefficient (Wildman–Crippen LogP) is 5.20. The van der Waals surface area contributed by atoms with Gasteiger partial charge in [-0.3, -0.25) is 14.7 Å². The number of nitrogens with one attached hydrogen (secondary N) is 1. The van der Waals surface area contributed by atoms with Crippen molar-refractivity contribution in [2.75, 3.05) is 26.7 Å². The van der Waals surface area contributed by atoms with E-state index in [1.165, 1.54) is 5.56 Å². The summed E-state index contributed by atoms with van der Waals surface area (Å²) in [5, 5.41) is 3.12. The quantitative estimate of drug-likeness (QED) is 0.408. The van der Waals surface area contributed by atoms with Gasteiger partial charge in [-0.15, -0.1) is 11.8 Å². The summed E-state index contributed by atoms with van der Waals surface area (Å²) in [5.41, 5.74) is 2.98. The summed E-state index contributed by atoms with van der Waals surface area (Å²) >= 11 is 1.73. The number of hydrogen-bond acceptors (Lipinski definition) is 5. The lowest BCUT2D eigenvalue weighted by atomic mass is 10.0. The number of methoxy groups -OCH3 is 1. The summed E-state index contributed by atoms with van der Waals surface area (Å²) in [7, 11) is 1.67. The molecule has 168 valence electrons. The molecule has 0 saturated heterocycles. The number of hydrogen-bond donors (Lipinski definition) is 1. The van der Waals surface area contributed by atoms with Gasteiger partial charge in [-0.1, -0.05) is 32.0 Å². The molecule has 3 aromatic rings. The van der Waals surface area contributed by atoms with Crippen LogP contribution >= 0.6 is 11.8 Å². The highest BCUT2D eigenvalue weighted by Gasteiger charge is 2.20. The largest absolute Gasteiger partial charge is 0.497 e. The van der Waals surface area contributed by atoms with Crippen LogP contribution in [0.25, 0.3) is 0 Å². The van der Waals surface area contributed by atoms with Crippen molar-refractivity contribution in [3.05, 3.63) is 89.7 Å². The molecule has 3 rings (SSSR count). The summed E-state index contributed by atoms with van der Waals surface area (Å²) < 4.78 is 5.39. The maximum atomic E-state index is 12.8. The van der Waals surface area contributed by atoms with Crippen molar-refractivity contribution in [1.82, 2.24) is 15.2 Å².